The Morgan fingerprint density at radius 1 is 1.17 bits per heavy atom. The number of nitrogens with one attached hydrogen (secondary N) is 2. The maximum absolute atomic E-state index is 5.51. The minimum Gasteiger partial charge on any atom is -0.383 e. The Bertz CT molecular complexity index is 208. The van der Waals surface area contributed by atoms with Gasteiger partial charge in [0, 0.05) is 26.8 Å². The van der Waals surface area contributed by atoms with Crippen LogP contribution in [0.3, 0.4) is 0 Å². The molecule has 5 heteroatoms. The van der Waals surface area contributed by atoms with Gasteiger partial charge in [0.1, 0.15) is 0 Å². The van der Waals surface area contributed by atoms with E-state index in [0.717, 1.165) is 32.1 Å². The van der Waals surface area contributed by atoms with E-state index in [1.807, 2.05) is 6.92 Å². The molecule has 0 aromatic rings. The van der Waals surface area contributed by atoms with Gasteiger partial charge in [0.25, 0.3) is 0 Å². The first-order chi connectivity index (χ1) is 8.70. The topological polar surface area (TPSA) is 54.9 Å². The lowest BCUT2D eigenvalue weighted by atomic mass is 10.1. The Hall–Kier alpha value is -0.810. The molecule has 0 aliphatic rings. The number of ether oxygens (including phenoxy) is 2. The van der Waals surface area contributed by atoms with Gasteiger partial charge in [-0.3, -0.25) is 4.99 Å². The van der Waals surface area contributed by atoms with E-state index in [9.17, 15) is 0 Å². The summed E-state index contributed by atoms with van der Waals surface area (Å²) in [5, 5.41) is 6.37. The summed E-state index contributed by atoms with van der Waals surface area (Å²) in [5.74, 6) is 1.52. The lowest BCUT2D eigenvalue weighted by molar-refractivity contribution is 0.130. The van der Waals surface area contributed by atoms with Crippen molar-refractivity contribution in [1.82, 2.24) is 10.6 Å². The second-order valence-corrected chi connectivity index (χ2v) is 4.48. The molecular weight excluding hydrogens is 230 g/mol. The molecule has 5 nitrogen and oxygen atoms in total. The van der Waals surface area contributed by atoms with E-state index in [1.54, 1.807) is 7.11 Å². The molecule has 0 aromatic carbocycles. The summed E-state index contributed by atoms with van der Waals surface area (Å²) in [5.41, 5.74) is 0. The smallest absolute Gasteiger partial charge is 0.191 e. The van der Waals surface area contributed by atoms with Gasteiger partial charge in [-0.2, -0.15) is 0 Å². The van der Waals surface area contributed by atoms with Gasteiger partial charge in [0.05, 0.1) is 19.8 Å². The van der Waals surface area contributed by atoms with E-state index in [1.165, 1.54) is 0 Å². The molecule has 0 bridgehead atoms. The van der Waals surface area contributed by atoms with Crippen molar-refractivity contribution in [2.45, 2.75) is 27.2 Å². The van der Waals surface area contributed by atoms with Crippen LogP contribution < -0.4 is 10.6 Å². The fourth-order valence-electron chi connectivity index (χ4n) is 1.26. The largest absolute Gasteiger partial charge is 0.383 e. The molecule has 108 valence electrons. The zero-order valence-electron chi connectivity index (χ0n) is 12.3. The van der Waals surface area contributed by atoms with Crippen LogP contribution in [0, 0.1) is 5.92 Å². The van der Waals surface area contributed by atoms with Crippen molar-refractivity contribution in [2.24, 2.45) is 10.9 Å². The second-order valence-electron chi connectivity index (χ2n) is 4.48. The molecule has 0 fully saturated rings. The minimum atomic E-state index is 0.674. The predicted octanol–water partition coefficient (Wildman–Crippen LogP) is 1.25. The summed E-state index contributed by atoms with van der Waals surface area (Å²) in [4.78, 5) is 4.42. The van der Waals surface area contributed by atoms with Gasteiger partial charge in [-0.25, -0.2) is 0 Å². The average molecular weight is 259 g/mol. The van der Waals surface area contributed by atoms with Crippen LogP contribution in [0.5, 0.6) is 0 Å². The fraction of sp³-hybridized carbons (Fsp3) is 0.923. The summed E-state index contributed by atoms with van der Waals surface area (Å²) >= 11 is 0. The fourth-order valence-corrected chi connectivity index (χ4v) is 1.26. The van der Waals surface area contributed by atoms with Crippen molar-refractivity contribution < 1.29 is 9.47 Å². The van der Waals surface area contributed by atoms with Gasteiger partial charge in [-0.15, -0.1) is 0 Å². The maximum Gasteiger partial charge on any atom is 0.191 e. The van der Waals surface area contributed by atoms with Crippen molar-refractivity contribution in [3.63, 3.8) is 0 Å². The van der Waals surface area contributed by atoms with Crippen LogP contribution in [0.4, 0.5) is 0 Å². The summed E-state index contributed by atoms with van der Waals surface area (Å²) in [6, 6.07) is 0. The van der Waals surface area contributed by atoms with Gasteiger partial charge in [-0.05, 0) is 19.3 Å². The van der Waals surface area contributed by atoms with Crippen molar-refractivity contribution in [1.29, 1.82) is 0 Å². The third-order valence-corrected chi connectivity index (χ3v) is 2.29. The average Bonchev–Trinajstić information content (AvgIpc) is 2.33. The molecule has 18 heavy (non-hydrogen) atoms. The summed E-state index contributed by atoms with van der Waals surface area (Å²) in [6.07, 6.45) is 1.11. The SMILES string of the molecule is CCNC(=NCCOCCC(C)C)NCCOC. The number of rotatable bonds is 10. The van der Waals surface area contributed by atoms with Crippen LogP contribution in [0.25, 0.3) is 0 Å². The Kier molecular flexibility index (Phi) is 12.1. The van der Waals surface area contributed by atoms with Gasteiger partial charge >= 0.3 is 0 Å². The van der Waals surface area contributed by atoms with Crippen molar-refractivity contribution >= 4 is 5.96 Å². The third kappa shape index (κ3) is 11.7. The van der Waals surface area contributed by atoms with Crippen LogP contribution in [-0.2, 0) is 9.47 Å². The molecule has 0 atom stereocenters. The molecule has 0 amide bonds. The second kappa shape index (κ2) is 12.6. The predicted molar refractivity (Wildman–Crippen MR) is 76.1 cm³/mol. The number of hydrogen-bond donors (Lipinski definition) is 2. The van der Waals surface area contributed by atoms with Gasteiger partial charge < -0.3 is 20.1 Å². The Morgan fingerprint density at radius 2 is 1.94 bits per heavy atom. The van der Waals surface area contributed by atoms with Crippen LogP contribution in [-0.4, -0.2) is 52.5 Å². The summed E-state index contributed by atoms with van der Waals surface area (Å²) in [7, 11) is 1.69. The Balaban J connectivity index is 3.65. The monoisotopic (exact) mass is 259 g/mol. The number of guanidine groups is 1. The lowest BCUT2D eigenvalue weighted by Gasteiger charge is -2.11. The zero-order valence-corrected chi connectivity index (χ0v) is 12.3. The van der Waals surface area contributed by atoms with Crippen LogP contribution in [0.2, 0.25) is 0 Å². The molecule has 2 N–H and O–H groups in total. The molecule has 0 saturated carbocycles. The normalized spacial score (nSPS) is 11.9. The number of methoxy groups -OCH3 is 1. The zero-order chi connectivity index (χ0) is 13.6. The quantitative estimate of drug-likeness (QED) is 0.352. The molecular formula is C13H29N3O2. The molecule has 0 aliphatic carbocycles. The number of nitrogens with zero attached hydrogens (tertiary/aromatic N) is 1. The molecule has 0 saturated heterocycles. The first-order valence-electron chi connectivity index (χ1n) is 6.79. The maximum atomic E-state index is 5.51. The van der Waals surface area contributed by atoms with Gasteiger partial charge in [-0.1, -0.05) is 13.8 Å². The van der Waals surface area contributed by atoms with E-state index in [4.69, 9.17) is 9.47 Å². The van der Waals surface area contributed by atoms with Crippen LogP contribution in [0.15, 0.2) is 4.99 Å². The highest BCUT2D eigenvalue weighted by molar-refractivity contribution is 5.79. The third-order valence-electron chi connectivity index (χ3n) is 2.29. The summed E-state index contributed by atoms with van der Waals surface area (Å²) in [6.45, 7) is 10.9. The molecule has 0 unspecified atom stereocenters. The van der Waals surface area contributed by atoms with Crippen molar-refractivity contribution in [3.8, 4) is 0 Å². The standard InChI is InChI=1S/C13H29N3O2/c1-5-14-13(15-7-10-17-4)16-8-11-18-9-6-12(2)3/h12H,5-11H2,1-4H3,(H2,14,15,16). The van der Waals surface area contributed by atoms with Gasteiger partial charge in [0.2, 0.25) is 0 Å². The van der Waals surface area contributed by atoms with E-state index >= 15 is 0 Å². The van der Waals surface area contributed by atoms with E-state index in [-0.39, 0.29) is 0 Å². The van der Waals surface area contributed by atoms with Crippen LogP contribution in [0.1, 0.15) is 27.2 Å². The highest BCUT2D eigenvalue weighted by Crippen LogP contribution is 1.98. The molecule has 0 heterocycles. The first-order valence-corrected chi connectivity index (χ1v) is 6.79. The number of hydrogen-bond acceptors (Lipinski definition) is 3. The van der Waals surface area contributed by atoms with Crippen LogP contribution >= 0.6 is 0 Å². The molecule has 0 aliphatic heterocycles. The minimum absolute atomic E-state index is 0.674. The Morgan fingerprint density at radius 3 is 2.56 bits per heavy atom. The molecule has 0 rings (SSSR count). The Labute approximate surface area is 111 Å². The number of aliphatic imine (C=N–C) groups is 1. The molecule has 0 radical (unpaired) electrons. The van der Waals surface area contributed by atoms with E-state index < -0.39 is 0 Å². The first kappa shape index (κ1) is 17.2. The lowest BCUT2D eigenvalue weighted by Crippen LogP contribution is -2.39. The summed E-state index contributed by atoms with van der Waals surface area (Å²) < 4.78 is 10.5. The highest BCUT2D eigenvalue weighted by Gasteiger charge is 1.96. The molecule has 0 aromatic heterocycles. The highest BCUT2D eigenvalue weighted by atomic mass is 16.5. The molecule has 0 spiro atoms. The van der Waals surface area contributed by atoms with E-state index in [0.29, 0.717) is 25.7 Å². The van der Waals surface area contributed by atoms with Crippen molar-refractivity contribution in [3.05, 3.63) is 0 Å². The van der Waals surface area contributed by atoms with E-state index in [2.05, 4.69) is 29.5 Å². The van der Waals surface area contributed by atoms with Crippen molar-refractivity contribution in [2.75, 3.05) is 46.6 Å². The van der Waals surface area contributed by atoms with Gasteiger partial charge in [0.15, 0.2) is 5.96 Å².